The molecule has 0 aromatic carbocycles. The molecule has 1 heterocycles. The third-order valence-corrected chi connectivity index (χ3v) is 7.58. The van der Waals surface area contributed by atoms with E-state index in [4.69, 9.17) is 0 Å². The molecule has 0 spiro atoms. The quantitative estimate of drug-likeness (QED) is 0.613. The van der Waals surface area contributed by atoms with Gasteiger partial charge in [0.2, 0.25) is 5.16 Å². The Labute approximate surface area is 132 Å². The highest BCUT2D eigenvalue weighted by Gasteiger charge is 2.63. The van der Waals surface area contributed by atoms with Crippen molar-refractivity contribution in [3.8, 4) is 0 Å². The van der Waals surface area contributed by atoms with E-state index in [1.165, 1.54) is 11.5 Å². The summed E-state index contributed by atoms with van der Waals surface area (Å²) in [6.07, 6.45) is 4.13. The number of nitrogens with zero attached hydrogens (tertiary/aromatic N) is 2. The van der Waals surface area contributed by atoms with Gasteiger partial charge in [-0.1, -0.05) is 44.3 Å². The second-order valence-corrected chi connectivity index (χ2v) is 8.85. The van der Waals surface area contributed by atoms with Crippen LogP contribution in [0.25, 0.3) is 0 Å². The standard InChI is InChI=1S/C14H18N2OS3/c1-13(2)9-5-6-14(13,3)10(17)8(9)7-19-12-15-11(18-4)16-20-12/h7,9H,5-6H2,1-4H3. The molecule has 20 heavy (non-hydrogen) atoms. The molecule has 0 radical (unpaired) electrons. The fraction of sp³-hybridized carbons (Fsp3) is 0.643. The molecule has 2 saturated carbocycles. The van der Waals surface area contributed by atoms with Gasteiger partial charge in [0, 0.05) is 11.0 Å². The molecule has 2 unspecified atom stereocenters. The van der Waals surface area contributed by atoms with Gasteiger partial charge in [0.05, 0.1) is 0 Å². The van der Waals surface area contributed by atoms with Crippen molar-refractivity contribution in [2.75, 3.05) is 6.26 Å². The number of allylic oxidation sites excluding steroid dienone is 1. The minimum atomic E-state index is -0.171. The Morgan fingerprint density at radius 3 is 2.70 bits per heavy atom. The highest BCUT2D eigenvalue weighted by Crippen LogP contribution is 2.65. The molecule has 0 aliphatic heterocycles. The molecule has 0 N–H and O–H groups in total. The lowest BCUT2D eigenvalue weighted by molar-refractivity contribution is -0.125. The second kappa shape index (κ2) is 4.85. The Morgan fingerprint density at radius 1 is 1.40 bits per heavy atom. The highest BCUT2D eigenvalue weighted by molar-refractivity contribution is 8.03. The Kier molecular flexibility index (Phi) is 3.54. The molecule has 3 rings (SSSR count). The lowest BCUT2D eigenvalue weighted by Gasteiger charge is -2.31. The van der Waals surface area contributed by atoms with Crippen molar-refractivity contribution in [3.63, 3.8) is 0 Å². The van der Waals surface area contributed by atoms with Crippen molar-refractivity contribution < 1.29 is 4.79 Å². The monoisotopic (exact) mass is 326 g/mol. The van der Waals surface area contributed by atoms with E-state index >= 15 is 0 Å². The normalized spacial score (nSPS) is 33.3. The first kappa shape index (κ1) is 14.6. The van der Waals surface area contributed by atoms with Crippen LogP contribution in [0, 0.1) is 16.7 Å². The molecule has 2 aliphatic rings. The van der Waals surface area contributed by atoms with E-state index in [0.717, 1.165) is 27.9 Å². The van der Waals surface area contributed by atoms with Crippen LogP contribution in [0.1, 0.15) is 33.6 Å². The van der Waals surface area contributed by atoms with Crippen molar-refractivity contribution in [1.82, 2.24) is 9.36 Å². The third-order valence-electron chi connectivity index (χ3n) is 5.22. The van der Waals surface area contributed by atoms with E-state index in [9.17, 15) is 4.79 Å². The Hall–Kier alpha value is -0.330. The van der Waals surface area contributed by atoms with Gasteiger partial charge >= 0.3 is 0 Å². The van der Waals surface area contributed by atoms with E-state index in [1.807, 2.05) is 11.7 Å². The zero-order chi connectivity index (χ0) is 14.5. The van der Waals surface area contributed by atoms with Gasteiger partial charge < -0.3 is 0 Å². The van der Waals surface area contributed by atoms with Gasteiger partial charge in [0.25, 0.3) is 0 Å². The van der Waals surface area contributed by atoms with Gasteiger partial charge in [-0.2, -0.15) is 4.37 Å². The molecule has 0 amide bonds. The number of ketones is 1. The zero-order valence-electron chi connectivity index (χ0n) is 12.1. The molecule has 1 aromatic heterocycles. The molecule has 0 saturated heterocycles. The van der Waals surface area contributed by atoms with E-state index in [2.05, 4.69) is 30.1 Å². The van der Waals surface area contributed by atoms with Gasteiger partial charge in [0.15, 0.2) is 10.1 Å². The summed E-state index contributed by atoms with van der Waals surface area (Å²) in [6, 6.07) is 0. The predicted octanol–water partition coefficient (Wildman–Crippen LogP) is 4.26. The van der Waals surface area contributed by atoms with Crippen LogP contribution in [0.4, 0.5) is 0 Å². The van der Waals surface area contributed by atoms with Crippen molar-refractivity contribution in [2.24, 2.45) is 16.7 Å². The second-order valence-electron chi connectivity index (χ2n) is 6.21. The maximum atomic E-state index is 12.7. The number of Topliss-reactive ketones (excluding diaryl/α,β-unsaturated/α-hetero) is 1. The Bertz CT molecular complexity index is 593. The summed E-state index contributed by atoms with van der Waals surface area (Å²) in [5.74, 6) is 0.751. The van der Waals surface area contributed by atoms with Crippen molar-refractivity contribution in [3.05, 3.63) is 11.0 Å². The van der Waals surface area contributed by atoms with Crippen LogP contribution in [0.2, 0.25) is 0 Å². The summed E-state index contributed by atoms with van der Waals surface area (Å²) in [5.41, 5.74) is 0.923. The van der Waals surface area contributed by atoms with Crippen molar-refractivity contribution >= 4 is 40.8 Å². The summed E-state index contributed by atoms with van der Waals surface area (Å²) in [5, 5.41) is 2.84. The van der Waals surface area contributed by atoms with E-state index in [0.29, 0.717) is 11.7 Å². The van der Waals surface area contributed by atoms with Crippen LogP contribution < -0.4 is 0 Å². The molecular weight excluding hydrogens is 308 g/mol. The lowest BCUT2D eigenvalue weighted by atomic mass is 9.70. The average molecular weight is 327 g/mol. The fourth-order valence-electron chi connectivity index (χ4n) is 3.51. The smallest absolute Gasteiger partial charge is 0.200 e. The van der Waals surface area contributed by atoms with Crippen LogP contribution in [0.3, 0.4) is 0 Å². The molecule has 3 nitrogen and oxygen atoms in total. The lowest BCUT2D eigenvalue weighted by Crippen LogP contribution is -2.32. The number of thioether (sulfide) groups is 2. The van der Waals surface area contributed by atoms with E-state index in [1.54, 1.807) is 23.5 Å². The largest absolute Gasteiger partial charge is 0.294 e. The van der Waals surface area contributed by atoms with Crippen LogP contribution >= 0.6 is 35.1 Å². The number of aromatic nitrogens is 2. The van der Waals surface area contributed by atoms with Crippen LogP contribution in [0.5, 0.6) is 0 Å². The molecule has 2 atom stereocenters. The maximum Gasteiger partial charge on any atom is 0.200 e. The summed E-state index contributed by atoms with van der Waals surface area (Å²) in [7, 11) is 0. The molecule has 1 aromatic rings. The summed E-state index contributed by atoms with van der Waals surface area (Å²) < 4.78 is 5.16. The van der Waals surface area contributed by atoms with Crippen LogP contribution in [-0.2, 0) is 4.79 Å². The number of carbonyl (C=O) groups is 1. The number of fused-ring (bicyclic) bond motifs is 2. The molecule has 2 aliphatic carbocycles. The first-order valence-electron chi connectivity index (χ1n) is 6.69. The van der Waals surface area contributed by atoms with E-state index in [-0.39, 0.29) is 10.8 Å². The zero-order valence-corrected chi connectivity index (χ0v) is 14.5. The first-order chi connectivity index (χ1) is 9.40. The molecular formula is C14H18N2OS3. The van der Waals surface area contributed by atoms with Gasteiger partial charge in [-0.3, -0.25) is 4.79 Å². The van der Waals surface area contributed by atoms with Gasteiger partial charge in [-0.05, 0) is 47.4 Å². The average Bonchev–Trinajstić information content (AvgIpc) is 2.99. The molecule has 2 fully saturated rings. The number of carbonyl (C=O) groups excluding carboxylic acids is 1. The van der Waals surface area contributed by atoms with Crippen molar-refractivity contribution in [2.45, 2.75) is 43.1 Å². The maximum absolute atomic E-state index is 12.7. The van der Waals surface area contributed by atoms with Gasteiger partial charge in [-0.25, -0.2) is 4.98 Å². The van der Waals surface area contributed by atoms with Gasteiger partial charge in [-0.15, -0.1) is 0 Å². The summed E-state index contributed by atoms with van der Waals surface area (Å²) >= 11 is 4.50. The van der Waals surface area contributed by atoms with Gasteiger partial charge in [0.1, 0.15) is 0 Å². The molecule has 6 heteroatoms. The summed E-state index contributed by atoms with van der Waals surface area (Å²) in [4.78, 5) is 17.1. The topological polar surface area (TPSA) is 42.9 Å². The van der Waals surface area contributed by atoms with E-state index < -0.39 is 0 Å². The molecule has 2 bridgehead atoms. The molecule has 108 valence electrons. The van der Waals surface area contributed by atoms with Crippen molar-refractivity contribution in [1.29, 1.82) is 0 Å². The first-order valence-corrected chi connectivity index (χ1v) is 9.57. The van der Waals surface area contributed by atoms with Crippen LogP contribution in [0.15, 0.2) is 20.5 Å². The predicted molar refractivity (Wildman–Crippen MR) is 85.2 cm³/mol. The Balaban J connectivity index is 1.85. The highest BCUT2D eigenvalue weighted by atomic mass is 32.2. The minimum absolute atomic E-state index is 0.0854. The number of hydrogen-bond acceptors (Lipinski definition) is 6. The summed E-state index contributed by atoms with van der Waals surface area (Å²) in [6.45, 7) is 6.62. The fourth-order valence-corrected chi connectivity index (χ4v) is 5.60. The number of hydrogen-bond donors (Lipinski definition) is 0. The minimum Gasteiger partial charge on any atom is -0.294 e. The third kappa shape index (κ3) is 1.91. The van der Waals surface area contributed by atoms with Crippen LogP contribution in [-0.4, -0.2) is 21.4 Å². The Morgan fingerprint density at radius 2 is 2.15 bits per heavy atom. The number of rotatable bonds is 3. The SMILES string of the molecule is CSc1nsc(SC=C2C(=O)C3(C)CCC2C3(C)C)n1.